The van der Waals surface area contributed by atoms with E-state index in [1.807, 2.05) is 0 Å². The highest BCUT2D eigenvalue weighted by molar-refractivity contribution is 7.89. The molecule has 1 saturated heterocycles. The summed E-state index contributed by atoms with van der Waals surface area (Å²) in [7, 11) is -3.94. The minimum absolute atomic E-state index is 0.0171. The topological polar surface area (TPSA) is 110 Å². The SMILES string of the molecule is Cc1oc(-c2ccc(C(F)(F)F)cc2)nc1CCOc1ccc(S(=O)(=O)N2CCCC2C(=O)O)cc1. The van der Waals surface area contributed by atoms with Gasteiger partial charge in [0.25, 0.3) is 0 Å². The van der Waals surface area contributed by atoms with Crippen molar-refractivity contribution in [1.29, 1.82) is 0 Å². The molecule has 1 aliphatic rings. The highest BCUT2D eigenvalue weighted by Gasteiger charge is 2.39. The molecule has 0 spiro atoms. The summed E-state index contributed by atoms with van der Waals surface area (Å²) in [5.41, 5.74) is 0.236. The van der Waals surface area contributed by atoms with E-state index in [4.69, 9.17) is 9.15 Å². The predicted molar refractivity (Wildman–Crippen MR) is 122 cm³/mol. The summed E-state index contributed by atoms with van der Waals surface area (Å²) in [5, 5.41) is 9.28. The Labute approximate surface area is 205 Å². The Bertz CT molecular complexity index is 1340. The first-order chi connectivity index (χ1) is 17.0. The van der Waals surface area contributed by atoms with E-state index in [0.717, 1.165) is 16.4 Å². The summed E-state index contributed by atoms with van der Waals surface area (Å²) in [4.78, 5) is 15.7. The quantitative estimate of drug-likeness (QED) is 0.461. The number of sulfonamides is 1. The number of alkyl halides is 3. The number of benzene rings is 2. The number of halogens is 3. The molecular weight excluding hydrogens is 501 g/mol. The maximum Gasteiger partial charge on any atom is 0.416 e. The number of hydrogen-bond donors (Lipinski definition) is 1. The lowest BCUT2D eigenvalue weighted by Crippen LogP contribution is -2.40. The zero-order chi connectivity index (χ0) is 26.1. The van der Waals surface area contributed by atoms with Crippen LogP contribution in [0.1, 0.15) is 29.9 Å². The first-order valence-corrected chi connectivity index (χ1v) is 12.5. The van der Waals surface area contributed by atoms with Crippen molar-refractivity contribution in [3.63, 3.8) is 0 Å². The Morgan fingerprint density at radius 1 is 1.17 bits per heavy atom. The molecule has 1 unspecified atom stereocenters. The van der Waals surface area contributed by atoms with E-state index < -0.39 is 33.8 Å². The standard InChI is InChI=1S/C24H23F3N2O6S/c1-15-20(28-22(35-15)16-4-6-17(7-5-16)24(25,26)27)12-14-34-18-8-10-19(11-9-18)36(32,33)29-13-2-3-21(29)23(30)31/h4-11,21H,2-3,12-14H2,1H3,(H,30,31). The molecule has 0 saturated carbocycles. The summed E-state index contributed by atoms with van der Waals surface area (Å²) in [6, 6.07) is 9.17. The maximum atomic E-state index is 12.8. The third kappa shape index (κ3) is 5.39. The van der Waals surface area contributed by atoms with E-state index in [2.05, 4.69) is 4.98 Å². The van der Waals surface area contributed by atoms with Gasteiger partial charge in [0, 0.05) is 18.5 Å². The zero-order valence-corrected chi connectivity index (χ0v) is 20.0. The van der Waals surface area contributed by atoms with Crippen LogP contribution in [0.2, 0.25) is 0 Å². The summed E-state index contributed by atoms with van der Waals surface area (Å²) < 4.78 is 76.2. The van der Waals surface area contributed by atoms with Crippen molar-refractivity contribution in [3.8, 4) is 17.2 Å². The van der Waals surface area contributed by atoms with Crippen LogP contribution >= 0.6 is 0 Å². The molecule has 12 heteroatoms. The smallest absolute Gasteiger partial charge is 0.416 e. The van der Waals surface area contributed by atoms with Gasteiger partial charge in [-0.1, -0.05) is 0 Å². The number of hydrogen-bond acceptors (Lipinski definition) is 6. The van der Waals surface area contributed by atoms with Gasteiger partial charge in [-0.05, 0) is 68.3 Å². The largest absolute Gasteiger partial charge is 0.493 e. The second-order valence-corrected chi connectivity index (χ2v) is 10.2. The van der Waals surface area contributed by atoms with Gasteiger partial charge in [-0.25, -0.2) is 13.4 Å². The van der Waals surface area contributed by atoms with Gasteiger partial charge in [-0.2, -0.15) is 17.5 Å². The third-order valence-corrected chi connectivity index (χ3v) is 7.80. The van der Waals surface area contributed by atoms with Gasteiger partial charge in [0.1, 0.15) is 17.6 Å². The highest BCUT2D eigenvalue weighted by atomic mass is 32.2. The molecular formula is C24H23F3N2O6S. The molecule has 0 amide bonds. The van der Waals surface area contributed by atoms with E-state index in [1.54, 1.807) is 6.92 Å². The van der Waals surface area contributed by atoms with Crippen molar-refractivity contribution in [1.82, 2.24) is 9.29 Å². The molecule has 0 radical (unpaired) electrons. The molecule has 36 heavy (non-hydrogen) atoms. The monoisotopic (exact) mass is 524 g/mol. The van der Waals surface area contributed by atoms with E-state index in [0.29, 0.717) is 35.6 Å². The molecule has 2 heterocycles. The molecule has 1 N–H and O–H groups in total. The average Bonchev–Trinajstić information content (AvgIpc) is 3.47. The number of rotatable bonds is 8. The molecule has 1 aromatic heterocycles. The molecule has 2 aromatic carbocycles. The fourth-order valence-corrected chi connectivity index (χ4v) is 5.62. The van der Waals surface area contributed by atoms with Crippen LogP contribution in [0, 0.1) is 6.92 Å². The fraction of sp³-hybridized carbons (Fsp3) is 0.333. The minimum Gasteiger partial charge on any atom is -0.493 e. The number of carboxylic acids is 1. The Hall–Kier alpha value is -3.38. The van der Waals surface area contributed by atoms with Crippen molar-refractivity contribution in [2.75, 3.05) is 13.2 Å². The minimum atomic E-state index is -4.43. The Balaban J connectivity index is 1.37. The van der Waals surface area contributed by atoms with Crippen LogP contribution < -0.4 is 4.74 Å². The average molecular weight is 525 g/mol. The van der Waals surface area contributed by atoms with Crippen molar-refractivity contribution >= 4 is 16.0 Å². The number of nitrogens with zero attached hydrogens (tertiary/aromatic N) is 2. The first kappa shape index (κ1) is 25.7. The Kier molecular flexibility index (Phi) is 7.10. The predicted octanol–water partition coefficient (Wildman–Crippen LogP) is 4.53. The van der Waals surface area contributed by atoms with Gasteiger partial charge in [0.15, 0.2) is 0 Å². The Morgan fingerprint density at radius 2 is 1.83 bits per heavy atom. The van der Waals surface area contributed by atoms with Crippen LogP contribution in [0.5, 0.6) is 5.75 Å². The first-order valence-electron chi connectivity index (χ1n) is 11.1. The molecule has 1 fully saturated rings. The molecule has 3 aromatic rings. The van der Waals surface area contributed by atoms with Crippen LogP contribution in [-0.2, 0) is 27.4 Å². The lowest BCUT2D eigenvalue weighted by atomic mass is 10.1. The molecule has 8 nitrogen and oxygen atoms in total. The number of carbonyl (C=O) groups is 1. The van der Waals surface area contributed by atoms with Gasteiger partial charge in [0.2, 0.25) is 15.9 Å². The van der Waals surface area contributed by atoms with Gasteiger partial charge in [0.05, 0.1) is 22.8 Å². The van der Waals surface area contributed by atoms with Crippen LogP contribution in [0.15, 0.2) is 57.8 Å². The van der Waals surface area contributed by atoms with Crippen LogP contribution in [0.25, 0.3) is 11.5 Å². The number of aliphatic carboxylic acids is 1. The number of aryl methyl sites for hydroxylation is 1. The fourth-order valence-electron chi connectivity index (χ4n) is 3.97. The Morgan fingerprint density at radius 3 is 2.44 bits per heavy atom. The van der Waals surface area contributed by atoms with Crippen LogP contribution in [0.4, 0.5) is 13.2 Å². The second-order valence-electron chi connectivity index (χ2n) is 8.28. The lowest BCUT2D eigenvalue weighted by molar-refractivity contribution is -0.140. The summed E-state index contributed by atoms with van der Waals surface area (Å²) in [6.45, 7) is 2.04. The number of ether oxygens (including phenoxy) is 1. The van der Waals surface area contributed by atoms with Crippen molar-refractivity contribution in [2.24, 2.45) is 0 Å². The van der Waals surface area contributed by atoms with E-state index >= 15 is 0 Å². The molecule has 0 bridgehead atoms. The van der Waals surface area contributed by atoms with Crippen LogP contribution in [0.3, 0.4) is 0 Å². The summed E-state index contributed by atoms with van der Waals surface area (Å²) >= 11 is 0. The van der Waals surface area contributed by atoms with Crippen LogP contribution in [-0.4, -0.2) is 48.0 Å². The molecule has 4 rings (SSSR count). The van der Waals surface area contributed by atoms with Gasteiger partial charge in [-0.15, -0.1) is 0 Å². The lowest BCUT2D eigenvalue weighted by Gasteiger charge is -2.21. The van der Waals surface area contributed by atoms with Crippen molar-refractivity contribution in [2.45, 2.75) is 43.3 Å². The zero-order valence-electron chi connectivity index (χ0n) is 19.2. The van der Waals surface area contributed by atoms with Gasteiger partial charge in [-0.3, -0.25) is 4.79 Å². The number of oxazole rings is 1. The molecule has 1 atom stereocenters. The summed E-state index contributed by atoms with van der Waals surface area (Å²) in [6.07, 6.45) is -3.31. The highest BCUT2D eigenvalue weighted by Crippen LogP contribution is 2.31. The molecule has 0 aliphatic carbocycles. The van der Waals surface area contributed by atoms with E-state index in [-0.39, 0.29) is 30.4 Å². The van der Waals surface area contributed by atoms with E-state index in [1.165, 1.54) is 36.4 Å². The number of aromatic nitrogens is 1. The molecule has 192 valence electrons. The second kappa shape index (κ2) is 9.94. The number of carboxylic acid groups (broad SMARTS) is 1. The van der Waals surface area contributed by atoms with E-state index in [9.17, 15) is 31.5 Å². The summed E-state index contributed by atoms with van der Waals surface area (Å²) in [5.74, 6) is -0.0455. The third-order valence-electron chi connectivity index (χ3n) is 5.88. The molecule has 1 aliphatic heterocycles. The van der Waals surface area contributed by atoms with Gasteiger partial charge >= 0.3 is 12.1 Å². The van der Waals surface area contributed by atoms with Crippen molar-refractivity contribution < 1.29 is 40.6 Å². The van der Waals surface area contributed by atoms with Crippen molar-refractivity contribution in [3.05, 3.63) is 65.5 Å². The maximum absolute atomic E-state index is 12.8. The van der Waals surface area contributed by atoms with Gasteiger partial charge < -0.3 is 14.3 Å². The normalized spacial score (nSPS) is 16.8.